The molecular formula is C26H46N4O4. The van der Waals surface area contributed by atoms with Gasteiger partial charge in [-0.3, -0.25) is 13.9 Å². The SMILES string of the molecule is CCCCCCCCOCC(O)CCCCCCCCCn1c(=O)c2c(ncn2C)n(C)c1=O. The van der Waals surface area contributed by atoms with E-state index in [1.165, 1.54) is 41.2 Å². The van der Waals surface area contributed by atoms with Gasteiger partial charge in [0.05, 0.1) is 19.0 Å². The smallest absolute Gasteiger partial charge is 0.332 e. The predicted molar refractivity (Wildman–Crippen MR) is 137 cm³/mol. The van der Waals surface area contributed by atoms with E-state index in [2.05, 4.69) is 11.9 Å². The average molecular weight is 479 g/mol. The van der Waals surface area contributed by atoms with Gasteiger partial charge in [-0.1, -0.05) is 77.6 Å². The van der Waals surface area contributed by atoms with Gasteiger partial charge in [0.2, 0.25) is 0 Å². The number of hydrogen-bond acceptors (Lipinski definition) is 5. The number of aliphatic hydroxyl groups is 1. The van der Waals surface area contributed by atoms with Crippen LogP contribution in [-0.2, 0) is 25.4 Å². The van der Waals surface area contributed by atoms with Crippen LogP contribution >= 0.6 is 0 Å². The Morgan fingerprint density at radius 1 is 0.912 bits per heavy atom. The summed E-state index contributed by atoms with van der Waals surface area (Å²) in [6, 6.07) is 0. The van der Waals surface area contributed by atoms with E-state index in [0.717, 1.165) is 64.4 Å². The van der Waals surface area contributed by atoms with Gasteiger partial charge in [-0.15, -0.1) is 0 Å². The first-order valence-corrected chi connectivity index (χ1v) is 13.3. The average Bonchev–Trinajstić information content (AvgIpc) is 3.21. The second kappa shape index (κ2) is 15.9. The van der Waals surface area contributed by atoms with E-state index in [0.29, 0.717) is 24.3 Å². The van der Waals surface area contributed by atoms with Crippen molar-refractivity contribution in [3.05, 3.63) is 27.2 Å². The molecule has 2 heterocycles. The fourth-order valence-electron chi connectivity index (χ4n) is 4.41. The van der Waals surface area contributed by atoms with E-state index in [4.69, 9.17) is 4.74 Å². The quantitative estimate of drug-likeness (QED) is 0.304. The lowest BCUT2D eigenvalue weighted by atomic mass is 10.1. The van der Waals surface area contributed by atoms with Crippen LogP contribution in [0.3, 0.4) is 0 Å². The van der Waals surface area contributed by atoms with Crippen molar-refractivity contribution in [1.29, 1.82) is 0 Å². The van der Waals surface area contributed by atoms with Crippen LogP contribution in [0.2, 0.25) is 0 Å². The molecule has 0 radical (unpaired) electrons. The molecule has 34 heavy (non-hydrogen) atoms. The van der Waals surface area contributed by atoms with Crippen molar-refractivity contribution in [1.82, 2.24) is 18.7 Å². The second-order valence-electron chi connectivity index (χ2n) is 9.59. The number of imidazole rings is 1. The van der Waals surface area contributed by atoms with Crippen molar-refractivity contribution >= 4 is 11.2 Å². The van der Waals surface area contributed by atoms with Gasteiger partial charge in [-0.05, 0) is 19.3 Å². The Bertz CT molecular complexity index is 947. The van der Waals surface area contributed by atoms with Crippen LogP contribution in [0.4, 0.5) is 0 Å². The summed E-state index contributed by atoms with van der Waals surface area (Å²) < 4.78 is 10.1. The first kappa shape index (κ1) is 28.3. The molecule has 0 fully saturated rings. The molecule has 0 saturated heterocycles. The summed E-state index contributed by atoms with van der Waals surface area (Å²) >= 11 is 0. The molecule has 8 heteroatoms. The van der Waals surface area contributed by atoms with E-state index in [1.54, 1.807) is 25.0 Å². The second-order valence-corrected chi connectivity index (χ2v) is 9.59. The molecule has 2 aromatic rings. The number of ether oxygens (including phenoxy) is 1. The Morgan fingerprint density at radius 2 is 1.53 bits per heavy atom. The Hall–Kier alpha value is -1.93. The maximum Gasteiger partial charge on any atom is 0.332 e. The highest BCUT2D eigenvalue weighted by Gasteiger charge is 2.14. The van der Waals surface area contributed by atoms with Crippen molar-refractivity contribution in [3.8, 4) is 0 Å². The third-order valence-corrected chi connectivity index (χ3v) is 6.57. The van der Waals surface area contributed by atoms with Crippen LogP contribution < -0.4 is 11.2 Å². The van der Waals surface area contributed by atoms with Crippen LogP contribution in [0, 0.1) is 0 Å². The third-order valence-electron chi connectivity index (χ3n) is 6.57. The largest absolute Gasteiger partial charge is 0.391 e. The van der Waals surface area contributed by atoms with Gasteiger partial charge in [0.15, 0.2) is 11.2 Å². The lowest BCUT2D eigenvalue weighted by Crippen LogP contribution is -2.39. The maximum atomic E-state index is 12.7. The van der Waals surface area contributed by atoms with E-state index < -0.39 is 0 Å². The van der Waals surface area contributed by atoms with Gasteiger partial charge in [0.25, 0.3) is 5.56 Å². The molecule has 1 N–H and O–H groups in total. The Morgan fingerprint density at radius 3 is 2.24 bits per heavy atom. The highest BCUT2D eigenvalue weighted by atomic mass is 16.5. The molecule has 0 aliphatic heterocycles. The first-order valence-electron chi connectivity index (χ1n) is 13.3. The maximum absolute atomic E-state index is 12.7. The molecule has 1 unspecified atom stereocenters. The summed E-state index contributed by atoms with van der Waals surface area (Å²) in [5.41, 5.74) is 0.346. The summed E-state index contributed by atoms with van der Waals surface area (Å²) in [5, 5.41) is 10.1. The number of aromatic nitrogens is 4. The normalized spacial score (nSPS) is 12.6. The summed E-state index contributed by atoms with van der Waals surface area (Å²) in [6.45, 7) is 3.89. The van der Waals surface area contributed by atoms with E-state index >= 15 is 0 Å². The number of hydrogen-bond donors (Lipinski definition) is 1. The number of rotatable bonds is 19. The monoisotopic (exact) mass is 478 g/mol. The van der Waals surface area contributed by atoms with E-state index in [-0.39, 0.29) is 17.4 Å². The highest BCUT2D eigenvalue weighted by molar-refractivity contribution is 5.69. The molecule has 0 spiro atoms. The lowest BCUT2D eigenvalue weighted by Gasteiger charge is -2.11. The Kier molecular flexibility index (Phi) is 13.2. The van der Waals surface area contributed by atoms with Gasteiger partial charge < -0.3 is 14.4 Å². The van der Waals surface area contributed by atoms with Crippen LogP contribution in [0.25, 0.3) is 11.2 Å². The highest BCUT2D eigenvalue weighted by Crippen LogP contribution is 2.11. The zero-order valence-electron chi connectivity index (χ0n) is 21.6. The zero-order chi connectivity index (χ0) is 24.8. The summed E-state index contributed by atoms with van der Waals surface area (Å²) in [6.07, 6.45) is 16.9. The van der Waals surface area contributed by atoms with Gasteiger partial charge in [0, 0.05) is 27.2 Å². The minimum Gasteiger partial charge on any atom is -0.391 e. The van der Waals surface area contributed by atoms with Gasteiger partial charge in [-0.2, -0.15) is 0 Å². The molecule has 0 aromatic carbocycles. The van der Waals surface area contributed by atoms with Gasteiger partial charge >= 0.3 is 5.69 Å². The third kappa shape index (κ3) is 9.02. The molecule has 0 bridgehead atoms. The molecule has 2 rings (SSSR count). The molecule has 0 aliphatic carbocycles. The predicted octanol–water partition coefficient (Wildman–Crippen LogP) is 4.29. The Labute approximate surface area is 204 Å². The summed E-state index contributed by atoms with van der Waals surface area (Å²) in [7, 11) is 3.43. The number of nitrogens with zero attached hydrogens (tertiary/aromatic N) is 4. The molecule has 0 amide bonds. The van der Waals surface area contributed by atoms with Crippen molar-refractivity contribution in [3.63, 3.8) is 0 Å². The lowest BCUT2D eigenvalue weighted by molar-refractivity contribution is 0.0297. The molecule has 1 atom stereocenters. The fourth-order valence-corrected chi connectivity index (χ4v) is 4.41. The molecule has 194 valence electrons. The summed E-state index contributed by atoms with van der Waals surface area (Å²) in [4.78, 5) is 29.3. The molecular weight excluding hydrogens is 432 g/mol. The zero-order valence-corrected chi connectivity index (χ0v) is 21.6. The van der Waals surface area contributed by atoms with Crippen molar-refractivity contribution < 1.29 is 9.84 Å². The van der Waals surface area contributed by atoms with Crippen molar-refractivity contribution in [2.24, 2.45) is 14.1 Å². The van der Waals surface area contributed by atoms with Crippen LogP contribution in [0.15, 0.2) is 15.9 Å². The summed E-state index contributed by atoms with van der Waals surface area (Å²) in [5.74, 6) is 0. The fraction of sp³-hybridized carbons (Fsp3) is 0.808. The molecule has 0 aliphatic rings. The molecule has 2 aromatic heterocycles. The van der Waals surface area contributed by atoms with Crippen LogP contribution in [0.1, 0.15) is 96.8 Å². The van der Waals surface area contributed by atoms with Crippen LogP contribution in [0.5, 0.6) is 0 Å². The van der Waals surface area contributed by atoms with E-state index in [9.17, 15) is 14.7 Å². The van der Waals surface area contributed by atoms with Crippen molar-refractivity contribution in [2.75, 3.05) is 13.2 Å². The minimum atomic E-state index is -0.349. The topological polar surface area (TPSA) is 91.3 Å². The van der Waals surface area contributed by atoms with Crippen molar-refractivity contribution in [2.45, 2.75) is 109 Å². The number of fused-ring (bicyclic) bond motifs is 1. The first-order chi connectivity index (χ1) is 16.5. The van der Waals surface area contributed by atoms with Gasteiger partial charge in [-0.25, -0.2) is 9.78 Å². The number of aliphatic hydroxyl groups excluding tert-OH is 1. The minimum absolute atomic E-state index is 0.257. The number of aryl methyl sites for hydroxylation is 2. The van der Waals surface area contributed by atoms with Gasteiger partial charge in [0.1, 0.15) is 0 Å². The molecule has 8 nitrogen and oxygen atoms in total. The standard InChI is InChI=1S/C26H46N4O4/c1-4-5-6-7-13-16-19-34-20-22(31)17-14-11-9-8-10-12-15-18-30-25(32)23-24(27-21-28(23)2)29(3)26(30)33/h21-22,31H,4-20H2,1-3H3. The molecule has 0 saturated carbocycles. The van der Waals surface area contributed by atoms with Crippen LogP contribution in [-0.4, -0.2) is 43.1 Å². The number of unbranched alkanes of at least 4 members (excludes halogenated alkanes) is 11. The van der Waals surface area contributed by atoms with E-state index in [1.807, 2.05) is 0 Å². The Balaban J connectivity index is 1.49.